The maximum absolute atomic E-state index is 12.2. The van der Waals surface area contributed by atoms with Crippen molar-refractivity contribution in [3.05, 3.63) is 59.1 Å². The molecule has 0 aromatic heterocycles. The number of anilines is 2. The molecule has 0 aliphatic carbocycles. The normalized spacial score (nSPS) is 10.8. The summed E-state index contributed by atoms with van der Waals surface area (Å²) in [4.78, 5) is 23.9. The second-order valence-electron chi connectivity index (χ2n) is 6.17. The lowest BCUT2D eigenvalue weighted by Crippen LogP contribution is -2.27. The van der Waals surface area contributed by atoms with Gasteiger partial charge in [0.15, 0.2) is 0 Å². The number of carbonyl (C=O) groups is 2. The Bertz CT molecular complexity index is 719. The molecule has 126 valence electrons. The summed E-state index contributed by atoms with van der Waals surface area (Å²) in [5.74, 6) is -0.249. The van der Waals surface area contributed by atoms with Crippen LogP contribution in [0.1, 0.15) is 31.1 Å². The van der Waals surface area contributed by atoms with E-state index in [0.29, 0.717) is 22.0 Å². The van der Waals surface area contributed by atoms with E-state index in [9.17, 15) is 9.59 Å². The van der Waals surface area contributed by atoms with Gasteiger partial charge in [0.2, 0.25) is 0 Å². The summed E-state index contributed by atoms with van der Waals surface area (Å²) >= 11 is 5.81. The van der Waals surface area contributed by atoms with Crippen LogP contribution in [0.5, 0.6) is 0 Å². The van der Waals surface area contributed by atoms with Crippen LogP contribution in [0.25, 0.3) is 0 Å². The van der Waals surface area contributed by atoms with Crippen LogP contribution in [0.4, 0.5) is 16.2 Å². The lowest BCUT2D eigenvalue weighted by atomic mass is 10.2. The molecule has 2 amide bonds. The Hall–Kier alpha value is -2.53. The zero-order valence-corrected chi connectivity index (χ0v) is 14.5. The molecule has 0 unspecified atom stereocenters. The number of amides is 2. The summed E-state index contributed by atoms with van der Waals surface area (Å²) in [5, 5.41) is 5.98. The average molecular weight is 347 g/mol. The van der Waals surface area contributed by atoms with Crippen LogP contribution in [0, 0.1) is 0 Å². The fraction of sp³-hybridized carbons (Fsp3) is 0.222. The minimum Gasteiger partial charge on any atom is -0.444 e. The first-order valence-electron chi connectivity index (χ1n) is 7.40. The van der Waals surface area contributed by atoms with Gasteiger partial charge in [-0.2, -0.15) is 0 Å². The average Bonchev–Trinajstić information content (AvgIpc) is 2.48. The summed E-state index contributed by atoms with van der Waals surface area (Å²) < 4.78 is 5.17. The highest BCUT2D eigenvalue weighted by Gasteiger charge is 2.16. The number of benzene rings is 2. The molecule has 0 heterocycles. The van der Waals surface area contributed by atoms with E-state index in [1.807, 2.05) is 0 Å². The van der Waals surface area contributed by atoms with Crippen LogP contribution in [-0.4, -0.2) is 17.6 Å². The van der Waals surface area contributed by atoms with Gasteiger partial charge in [-0.25, -0.2) is 4.79 Å². The molecule has 2 aromatic rings. The Balaban J connectivity index is 1.97. The van der Waals surface area contributed by atoms with Crippen molar-refractivity contribution in [3.8, 4) is 0 Å². The van der Waals surface area contributed by atoms with Gasteiger partial charge in [0.25, 0.3) is 5.91 Å². The molecule has 0 atom stereocenters. The highest BCUT2D eigenvalue weighted by Crippen LogP contribution is 2.16. The van der Waals surface area contributed by atoms with Crippen LogP contribution in [0.15, 0.2) is 48.5 Å². The lowest BCUT2D eigenvalue weighted by Gasteiger charge is -2.19. The third-order valence-corrected chi connectivity index (χ3v) is 3.15. The Morgan fingerprint density at radius 3 is 1.92 bits per heavy atom. The van der Waals surface area contributed by atoms with Crippen LogP contribution in [0.2, 0.25) is 5.02 Å². The van der Waals surface area contributed by atoms with Crippen molar-refractivity contribution in [3.63, 3.8) is 0 Å². The molecule has 2 rings (SSSR count). The first kappa shape index (κ1) is 17.8. The van der Waals surface area contributed by atoms with Crippen molar-refractivity contribution < 1.29 is 14.3 Å². The Morgan fingerprint density at radius 1 is 0.875 bits per heavy atom. The summed E-state index contributed by atoms with van der Waals surface area (Å²) in [6.07, 6.45) is -0.541. The van der Waals surface area contributed by atoms with E-state index in [-0.39, 0.29) is 5.91 Å². The van der Waals surface area contributed by atoms with E-state index in [1.54, 1.807) is 69.3 Å². The molecule has 2 N–H and O–H groups in total. The molecule has 6 heteroatoms. The maximum atomic E-state index is 12.2. The molecule has 0 aliphatic heterocycles. The van der Waals surface area contributed by atoms with Crippen LogP contribution in [-0.2, 0) is 4.74 Å². The van der Waals surface area contributed by atoms with Crippen LogP contribution >= 0.6 is 11.6 Å². The predicted octanol–water partition coefficient (Wildman–Crippen LogP) is 4.94. The van der Waals surface area contributed by atoms with Gasteiger partial charge >= 0.3 is 6.09 Å². The highest BCUT2D eigenvalue weighted by molar-refractivity contribution is 6.30. The van der Waals surface area contributed by atoms with E-state index in [2.05, 4.69) is 10.6 Å². The summed E-state index contributed by atoms with van der Waals surface area (Å²) in [6, 6.07) is 13.4. The molecule has 0 radical (unpaired) electrons. The van der Waals surface area contributed by atoms with Crippen molar-refractivity contribution in [2.24, 2.45) is 0 Å². The van der Waals surface area contributed by atoms with Crippen molar-refractivity contribution in [1.82, 2.24) is 0 Å². The molecular formula is C18H19ClN2O3. The van der Waals surface area contributed by atoms with Gasteiger partial charge in [0.1, 0.15) is 5.60 Å². The Morgan fingerprint density at radius 2 is 1.38 bits per heavy atom. The monoisotopic (exact) mass is 346 g/mol. The molecule has 24 heavy (non-hydrogen) atoms. The number of carbonyl (C=O) groups excluding carboxylic acids is 2. The topological polar surface area (TPSA) is 67.4 Å². The minimum absolute atomic E-state index is 0.249. The van der Waals surface area contributed by atoms with E-state index in [4.69, 9.17) is 16.3 Å². The maximum Gasteiger partial charge on any atom is 0.412 e. The van der Waals surface area contributed by atoms with E-state index >= 15 is 0 Å². The lowest BCUT2D eigenvalue weighted by molar-refractivity contribution is 0.0636. The Kier molecular flexibility index (Phi) is 5.46. The second kappa shape index (κ2) is 7.36. The fourth-order valence-corrected chi connectivity index (χ4v) is 1.99. The first-order valence-corrected chi connectivity index (χ1v) is 7.78. The number of nitrogens with one attached hydrogen (secondary N) is 2. The van der Waals surface area contributed by atoms with Crippen LogP contribution in [0.3, 0.4) is 0 Å². The fourth-order valence-electron chi connectivity index (χ4n) is 1.86. The van der Waals surface area contributed by atoms with Crippen molar-refractivity contribution in [2.75, 3.05) is 10.6 Å². The SMILES string of the molecule is CC(C)(C)OC(=O)Nc1ccc(C(=O)Nc2ccc(Cl)cc2)cc1. The van der Waals surface area contributed by atoms with Gasteiger partial charge in [-0.3, -0.25) is 10.1 Å². The zero-order chi connectivity index (χ0) is 17.7. The van der Waals surface area contributed by atoms with Crippen molar-refractivity contribution in [2.45, 2.75) is 26.4 Å². The van der Waals surface area contributed by atoms with Gasteiger partial charge in [-0.05, 0) is 69.3 Å². The number of hydrogen-bond donors (Lipinski definition) is 2. The molecule has 0 aliphatic rings. The van der Waals surface area contributed by atoms with E-state index in [0.717, 1.165) is 0 Å². The summed E-state index contributed by atoms with van der Waals surface area (Å²) in [5.41, 5.74) is 1.11. The van der Waals surface area contributed by atoms with Gasteiger partial charge in [-0.15, -0.1) is 0 Å². The summed E-state index contributed by atoms with van der Waals surface area (Å²) in [7, 11) is 0. The van der Waals surface area contributed by atoms with Gasteiger partial charge in [0.05, 0.1) is 0 Å². The van der Waals surface area contributed by atoms with Crippen molar-refractivity contribution >= 4 is 35.0 Å². The first-order chi connectivity index (χ1) is 11.2. The molecule has 2 aromatic carbocycles. The molecule has 0 saturated heterocycles. The van der Waals surface area contributed by atoms with Crippen LogP contribution < -0.4 is 10.6 Å². The van der Waals surface area contributed by atoms with Gasteiger partial charge < -0.3 is 10.1 Å². The standard InChI is InChI=1S/C18H19ClN2O3/c1-18(2,3)24-17(23)21-15-8-4-12(5-9-15)16(22)20-14-10-6-13(19)7-11-14/h4-11H,1-3H3,(H,20,22)(H,21,23). The number of rotatable bonds is 3. The molecule has 0 saturated carbocycles. The quantitative estimate of drug-likeness (QED) is 0.827. The molecule has 0 fully saturated rings. The third kappa shape index (κ3) is 5.59. The minimum atomic E-state index is -0.567. The third-order valence-electron chi connectivity index (χ3n) is 2.89. The van der Waals surface area contributed by atoms with Gasteiger partial charge in [-0.1, -0.05) is 11.6 Å². The largest absolute Gasteiger partial charge is 0.444 e. The van der Waals surface area contributed by atoms with Crippen molar-refractivity contribution in [1.29, 1.82) is 0 Å². The number of halogens is 1. The number of hydrogen-bond acceptors (Lipinski definition) is 3. The molecule has 5 nitrogen and oxygen atoms in total. The smallest absolute Gasteiger partial charge is 0.412 e. The number of ether oxygens (including phenoxy) is 1. The second-order valence-corrected chi connectivity index (χ2v) is 6.60. The molecule has 0 spiro atoms. The molecule has 0 bridgehead atoms. The summed E-state index contributed by atoms with van der Waals surface area (Å²) in [6.45, 7) is 5.37. The van der Waals surface area contributed by atoms with E-state index in [1.165, 1.54) is 0 Å². The Labute approximate surface area is 146 Å². The van der Waals surface area contributed by atoms with E-state index < -0.39 is 11.7 Å². The zero-order valence-electron chi connectivity index (χ0n) is 13.7. The highest BCUT2D eigenvalue weighted by atomic mass is 35.5. The predicted molar refractivity (Wildman–Crippen MR) is 95.7 cm³/mol. The molecular weight excluding hydrogens is 328 g/mol. The van der Waals surface area contributed by atoms with Gasteiger partial charge in [0, 0.05) is 22.0 Å².